The van der Waals surface area contributed by atoms with E-state index in [1.165, 1.54) is 0 Å². The third kappa shape index (κ3) is 38.8. The fourth-order valence-electron chi connectivity index (χ4n) is 0. The normalized spacial score (nSPS) is 4.17. The van der Waals surface area contributed by atoms with Crippen LogP contribution in [-0.2, 0) is 21.7 Å². The van der Waals surface area contributed by atoms with Gasteiger partial charge in [0.15, 0.2) is 4.74 Å². The van der Waals surface area contributed by atoms with Gasteiger partial charge in [0, 0.05) is 21.7 Å². The molecule has 0 aliphatic carbocycles. The second-order valence-electron chi connectivity index (χ2n) is 0.348. The van der Waals surface area contributed by atoms with Crippen LogP contribution in [0.15, 0.2) is 0 Å². The molecule has 0 aromatic carbocycles. The topological polar surface area (TPSA) is 49.9 Å². The molecule has 0 fully saturated rings. The number of rotatable bonds is 0. The number of nitrogens with one attached hydrogen (secondary N) is 1. The fraction of sp³-hybridized carbons (Fsp3) is 0. The summed E-state index contributed by atoms with van der Waals surface area (Å²) in [6.07, 6.45) is 0. The SMILES string of the molecule is N=C(N)Br.[Ca+2].[H-].[H-].[Ti]. The van der Waals surface area contributed by atoms with Gasteiger partial charge in [-0.05, 0) is 15.9 Å². The van der Waals surface area contributed by atoms with E-state index >= 15 is 0 Å². The van der Waals surface area contributed by atoms with Gasteiger partial charge < -0.3 is 8.59 Å². The second kappa shape index (κ2) is 10.0. The molecule has 0 aromatic rings. The molecule has 0 aromatic heterocycles. The molecular formula is CH5BrCaN2Ti. The van der Waals surface area contributed by atoms with Crippen LogP contribution in [0.3, 0.4) is 0 Å². The predicted octanol–water partition coefficient (Wildman–Crippen LogP) is 0.116. The molecule has 0 heterocycles. The minimum Gasteiger partial charge on any atom is -1.00 e. The van der Waals surface area contributed by atoms with Crippen molar-refractivity contribution >= 4 is 58.4 Å². The Labute approximate surface area is 92.7 Å². The molecule has 0 unspecified atom stereocenters. The van der Waals surface area contributed by atoms with Crippen molar-refractivity contribution in [1.29, 1.82) is 5.41 Å². The maximum absolute atomic E-state index is 6.19. The first kappa shape index (κ1) is 15.7. The first-order valence-electron chi connectivity index (χ1n) is 0.728. The minimum absolute atomic E-state index is 0. The van der Waals surface area contributed by atoms with Gasteiger partial charge in [0.05, 0.1) is 0 Å². The van der Waals surface area contributed by atoms with E-state index in [2.05, 4.69) is 21.7 Å². The zero-order valence-corrected chi connectivity index (χ0v) is 8.52. The van der Waals surface area contributed by atoms with Crippen LogP contribution in [-0.4, -0.2) is 42.5 Å². The van der Waals surface area contributed by atoms with Crippen molar-refractivity contribution in [3.05, 3.63) is 0 Å². The van der Waals surface area contributed by atoms with Gasteiger partial charge in [-0.1, -0.05) is 0 Å². The van der Waals surface area contributed by atoms with Crippen LogP contribution in [0.25, 0.3) is 0 Å². The summed E-state index contributed by atoms with van der Waals surface area (Å²) >= 11 is 2.63. The molecule has 0 saturated heterocycles. The maximum atomic E-state index is 6.19. The van der Waals surface area contributed by atoms with Crippen LogP contribution >= 0.6 is 15.9 Å². The summed E-state index contributed by atoms with van der Waals surface area (Å²) in [5, 5.41) is 6.19. The molecule has 0 radical (unpaired) electrons. The summed E-state index contributed by atoms with van der Waals surface area (Å²) in [5.41, 5.74) is 4.61. The average molecular weight is 213 g/mol. The molecule has 0 bridgehead atoms. The molecule has 0 saturated carbocycles. The van der Waals surface area contributed by atoms with Crippen LogP contribution in [0.1, 0.15) is 2.85 Å². The molecule has 5 heteroatoms. The fourth-order valence-corrected chi connectivity index (χ4v) is 0. The van der Waals surface area contributed by atoms with Crippen molar-refractivity contribution in [3.8, 4) is 0 Å². The van der Waals surface area contributed by atoms with Crippen LogP contribution < -0.4 is 5.73 Å². The van der Waals surface area contributed by atoms with Crippen molar-refractivity contribution in [2.24, 2.45) is 5.73 Å². The van der Waals surface area contributed by atoms with Crippen molar-refractivity contribution in [2.45, 2.75) is 0 Å². The molecule has 3 N–H and O–H groups in total. The Hall–Kier alpha value is 1.92. The van der Waals surface area contributed by atoms with Gasteiger partial charge in [-0.25, -0.2) is 0 Å². The molecule has 0 rings (SSSR count). The zero-order valence-electron chi connectivity index (χ0n) is 5.16. The summed E-state index contributed by atoms with van der Waals surface area (Å²) in [6, 6.07) is 0. The van der Waals surface area contributed by atoms with Crippen LogP contribution in [0.5, 0.6) is 0 Å². The maximum Gasteiger partial charge on any atom is 2.00 e. The first-order valence-corrected chi connectivity index (χ1v) is 1.52. The van der Waals surface area contributed by atoms with Gasteiger partial charge in [0.1, 0.15) is 0 Å². The average Bonchev–Trinajstić information content (AvgIpc) is 0.811. The predicted molar refractivity (Wildman–Crippen MR) is 28.8 cm³/mol. The summed E-state index contributed by atoms with van der Waals surface area (Å²) < 4.78 is -0.0208. The van der Waals surface area contributed by atoms with Gasteiger partial charge in [-0.3, -0.25) is 5.41 Å². The number of halogens is 1. The quantitative estimate of drug-likeness (QED) is 0.255. The van der Waals surface area contributed by atoms with Gasteiger partial charge in [-0.15, -0.1) is 0 Å². The van der Waals surface area contributed by atoms with E-state index < -0.39 is 0 Å². The first-order chi connectivity index (χ1) is 1.73. The molecule has 2 nitrogen and oxygen atoms in total. The van der Waals surface area contributed by atoms with E-state index in [9.17, 15) is 0 Å². The van der Waals surface area contributed by atoms with Crippen molar-refractivity contribution in [1.82, 2.24) is 0 Å². The van der Waals surface area contributed by atoms with E-state index in [4.69, 9.17) is 5.41 Å². The smallest absolute Gasteiger partial charge is 1.00 e. The summed E-state index contributed by atoms with van der Waals surface area (Å²) in [4.78, 5) is 0. The number of hydrogen-bond donors (Lipinski definition) is 2. The standard InChI is InChI=1S/CH3BrN2.Ca.Ti.2H/c2-1(3)4;;;;/h(H3,3,4);;;;/q;+2;;2*-1. The van der Waals surface area contributed by atoms with Crippen molar-refractivity contribution in [3.63, 3.8) is 0 Å². The third-order valence-corrected chi connectivity index (χ3v) is 0. The van der Waals surface area contributed by atoms with E-state index in [0.717, 1.165) is 0 Å². The Morgan fingerprint density at radius 1 is 1.83 bits per heavy atom. The van der Waals surface area contributed by atoms with E-state index in [1.807, 2.05) is 0 Å². The largest absolute Gasteiger partial charge is 2.00 e. The van der Waals surface area contributed by atoms with Crippen molar-refractivity contribution in [2.75, 3.05) is 0 Å². The van der Waals surface area contributed by atoms with Crippen LogP contribution in [0.4, 0.5) is 0 Å². The Morgan fingerprint density at radius 3 is 1.83 bits per heavy atom. The Bertz CT molecular complexity index is 43.0. The Kier molecular flexibility index (Phi) is 26.2. The van der Waals surface area contributed by atoms with Crippen LogP contribution in [0, 0.1) is 5.41 Å². The van der Waals surface area contributed by atoms with E-state index in [1.54, 1.807) is 0 Å². The summed E-state index contributed by atoms with van der Waals surface area (Å²) in [7, 11) is 0. The molecule has 6 heavy (non-hydrogen) atoms. The second-order valence-corrected chi connectivity index (χ2v) is 1.20. The molecule has 0 spiro atoms. The van der Waals surface area contributed by atoms with Crippen molar-refractivity contribution < 1.29 is 24.6 Å². The van der Waals surface area contributed by atoms with Gasteiger partial charge in [-0.2, -0.15) is 0 Å². The molecule has 0 aliphatic heterocycles. The molecule has 0 atom stereocenters. The number of hydrogen-bond acceptors (Lipinski definition) is 1. The molecule has 0 aliphatic rings. The Morgan fingerprint density at radius 2 is 1.83 bits per heavy atom. The third-order valence-electron chi connectivity index (χ3n) is 0. The molecule has 0 amide bonds. The Balaban J connectivity index is -0.00000000750. The van der Waals surface area contributed by atoms with Crippen LogP contribution in [0.2, 0.25) is 0 Å². The van der Waals surface area contributed by atoms with Gasteiger partial charge in [0.25, 0.3) is 0 Å². The number of nitrogens with two attached hydrogens (primary N) is 1. The van der Waals surface area contributed by atoms with E-state index in [0.29, 0.717) is 0 Å². The molecule has 32 valence electrons. The monoisotopic (exact) mass is 212 g/mol. The minimum atomic E-state index is -0.0208. The summed E-state index contributed by atoms with van der Waals surface area (Å²) in [5.74, 6) is 0. The molecular weight excluding hydrogens is 208 g/mol. The zero-order chi connectivity index (χ0) is 3.58. The van der Waals surface area contributed by atoms with Gasteiger partial charge in [0.2, 0.25) is 0 Å². The number of amidine groups is 1. The van der Waals surface area contributed by atoms with Gasteiger partial charge >= 0.3 is 37.7 Å². The van der Waals surface area contributed by atoms with E-state index in [-0.39, 0.29) is 67.1 Å². The summed E-state index contributed by atoms with van der Waals surface area (Å²) in [6.45, 7) is 0.